The summed E-state index contributed by atoms with van der Waals surface area (Å²) < 4.78 is 13.6. The van der Waals surface area contributed by atoms with E-state index in [0.29, 0.717) is 5.02 Å². The van der Waals surface area contributed by atoms with Crippen LogP contribution < -0.4 is 5.32 Å². The number of nitro groups is 1. The SMILES string of the molecule is O=C(Nc1ccc(Cl)cn1)c1c(F)cccc1[N+](=O)[O-]. The van der Waals surface area contributed by atoms with Crippen molar-refractivity contribution < 1.29 is 14.1 Å². The van der Waals surface area contributed by atoms with Gasteiger partial charge in [-0.1, -0.05) is 17.7 Å². The molecule has 0 bridgehead atoms. The molecule has 0 saturated carbocycles. The summed E-state index contributed by atoms with van der Waals surface area (Å²) in [6, 6.07) is 6.04. The Labute approximate surface area is 117 Å². The van der Waals surface area contributed by atoms with Crippen molar-refractivity contribution in [3.63, 3.8) is 0 Å². The zero-order chi connectivity index (χ0) is 14.7. The second-order valence-corrected chi connectivity index (χ2v) is 4.14. The Hall–Kier alpha value is -2.54. The van der Waals surface area contributed by atoms with Gasteiger partial charge in [0.2, 0.25) is 0 Å². The molecule has 1 aromatic carbocycles. The molecule has 0 unspecified atom stereocenters. The predicted molar refractivity (Wildman–Crippen MR) is 70.3 cm³/mol. The molecule has 8 heteroatoms. The van der Waals surface area contributed by atoms with Crippen LogP contribution in [0.25, 0.3) is 0 Å². The fourth-order valence-corrected chi connectivity index (χ4v) is 1.63. The first-order valence-electron chi connectivity index (χ1n) is 5.35. The molecular weight excluding hydrogens is 289 g/mol. The lowest BCUT2D eigenvalue weighted by Crippen LogP contribution is -2.16. The van der Waals surface area contributed by atoms with Crippen LogP contribution in [0.5, 0.6) is 0 Å². The molecule has 0 fully saturated rings. The van der Waals surface area contributed by atoms with Gasteiger partial charge in [-0.2, -0.15) is 0 Å². The van der Waals surface area contributed by atoms with Crippen molar-refractivity contribution in [3.05, 3.63) is 63.0 Å². The summed E-state index contributed by atoms with van der Waals surface area (Å²) in [5.41, 5.74) is -1.26. The maximum Gasteiger partial charge on any atom is 0.285 e. The van der Waals surface area contributed by atoms with E-state index in [1.165, 1.54) is 18.3 Å². The molecule has 0 aliphatic heterocycles. The van der Waals surface area contributed by atoms with E-state index in [4.69, 9.17) is 11.6 Å². The number of aromatic nitrogens is 1. The Balaban J connectivity index is 2.34. The lowest BCUT2D eigenvalue weighted by atomic mass is 10.1. The highest BCUT2D eigenvalue weighted by Gasteiger charge is 2.24. The summed E-state index contributed by atoms with van der Waals surface area (Å²) in [6.07, 6.45) is 1.28. The highest BCUT2D eigenvalue weighted by Crippen LogP contribution is 2.22. The van der Waals surface area contributed by atoms with Crippen molar-refractivity contribution in [2.45, 2.75) is 0 Å². The van der Waals surface area contributed by atoms with Crippen LogP contribution in [0.2, 0.25) is 5.02 Å². The molecule has 0 aliphatic rings. The third-order valence-electron chi connectivity index (χ3n) is 2.38. The quantitative estimate of drug-likeness (QED) is 0.696. The molecule has 2 aromatic rings. The Bertz CT molecular complexity index is 676. The van der Waals surface area contributed by atoms with Crippen molar-refractivity contribution in [1.29, 1.82) is 0 Å². The smallest absolute Gasteiger partial charge is 0.285 e. The highest BCUT2D eigenvalue weighted by atomic mass is 35.5. The molecule has 1 aromatic heterocycles. The van der Waals surface area contributed by atoms with Crippen LogP contribution in [-0.2, 0) is 0 Å². The van der Waals surface area contributed by atoms with Crippen LogP contribution in [0, 0.1) is 15.9 Å². The van der Waals surface area contributed by atoms with Gasteiger partial charge < -0.3 is 5.32 Å². The molecule has 1 heterocycles. The highest BCUT2D eigenvalue weighted by molar-refractivity contribution is 6.30. The molecule has 2 rings (SSSR count). The minimum atomic E-state index is -0.981. The van der Waals surface area contributed by atoms with Gasteiger partial charge in [0.05, 0.1) is 9.95 Å². The van der Waals surface area contributed by atoms with Gasteiger partial charge in [0, 0.05) is 12.3 Å². The minimum Gasteiger partial charge on any atom is -0.306 e. The lowest BCUT2D eigenvalue weighted by molar-refractivity contribution is -0.385. The largest absolute Gasteiger partial charge is 0.306 e. The Kier molecular flexibility index (Phi) is 3.90. The number of anilines is 1. The number of carbonyl (C=O) groups excluding carboxylic acids is 1. The standard InChI is InChI=1S/C12H7ClFN3O3/c13-7-4-5-10(15-6-7)16-12(18)11-8(14)2-1-3-9(11)17(19)20/h1-6H,(H,15,16,18). The van der Waals surface area contributed by atoms with E-state index in [9.17, 15) is 19.3 Å². The molecule has 6 nitrogen and oxygen atoms in total. The number of nitro benzene ring substituents is 1. The Morgan fingerprint density at radius 3 is 2.70 bits per heavy atom. The van der Waals surface area contributed by atoms with Gasteiger partial charge >= 0.3 is 0 Å². The zero-order valence-corrected chi connectivity index (χ0v) is 10.6. The van der Waals surface area contributed by atoms with Crippen molar-refractivity contribution in [1.82, 2.24) is 4.98 Å². The molecule has 0 atom stereocenters. The van der Waals surface area contributed by atoms with Gasteiger partial charge in [-0.05, 0) is 18.2 Å². The first-order chi connectivity index (χ1) is 9.49. The fourth-order valence-electron chi connectivity index (χ4n) is 1.52. The average molecular weight is 296 g/mol. The number of pyridine rings is 1. The first kappa shape index (κ1) is 13.9. The summed E-state index contributed by atoms with van der Waals surface area (Å²) >= 11 is 5.63. The third kappa shape index (κ3) is 2.89. The number of hydrogen-bond donors (Lipinski definition) is 1. The zero-order valence-electron chi connectivity index (χ0n) is 9.84. The predicted octanol–water partition coefficient (Wildman–Crippen LogP) is 3.03. The molecule has 0 radical (unpaired) electrons. The van der Waals surface area contributed by atoms with Gasteiger partial charge in [-0.25, -0.2) is 9.37 Å². The number of nitrogens with one attached hydrogen (secondary N) is 1. The fraction of sp³-hybridized carbons (Fsp3) is 0. The molecular formula is C12H7ClFN3O3. The van der Waals surface area contributed by atoms with Crippen LogP contribution in [0.3, 0.4) is 0 Å². The summed E-state index contributed by atoms with van der Waals surface area (Å²) in [7, 11) is 0. The maximum atomic E-state index is 13.6. The third-order valence-corrected chi connectivity index (χ3v) is 2.61. The molecule has 0 saturated heterocycles. The second-order valence-electron chi connectivity index (χ2n) is 3.71. The summed E-state index contributed by atoms with van der Waals surface area (Å²) in [5, 5.41) is 13.4. The monoisotopic (exact) mass is 295 g/mol. The van der Waals surface area contributed by atoms with Crippen molar-refractivity contribution in [2.24, 2.45) is 0 Å². The molecule has 0 aliphatic carbocycles. The number of rotatable bonds is 3. The van der Waals surface area contributed by atoms with Crippen LogP contribution >= 0.6 is 11.6 Å². The minimum absolute atomic E-state index is 0.108. The van der Waals surface area contributed by atoms with E-state index in [2.05, 4.69) is 10.3 Å². The van der Waals surface area contributed by atoms with E-state index in [0.717, 1.165) is 18.2 Å². The van der Waals surface area contributed by atoms with Crippen molar-refractivity contribution >= 4 is 29.0 Å². The Morgan fingerprint density at radius 1 is 1.35 bits per heavy atom. The molecule has 0 spiro atoms. The molecule has 20 heavy (non-hydrogen) atoms. The molecule has 1 N–H and O–H groups in total. The van der Waals surface area contributed by atoms with Crippen LogP contribution in [0.1, 0.15) is 10.4 Å². The van der Waals surface area contributed by atoms with Crippen LogP contribution in [-0.4, -0.2) is 15.8 Å². The van der Waals surface area contributed by atoms with Crippen molar-refractivity contribution in [3.8, 4) is 0 Å². The number of amides is 1. The van der Waals surface area contributed by atoms with E-state index >= 15 is 0 Å². The van der Waals surface area contributed by atoms with Gasteiger partial charge in [0.1, 0.15) is 11.6 Å². The van der Waals surface area contributed by atoms with E-state index < -0.39 is 27.9 Å². The summed E-state index contributed by atoms with van der Waals surface area (Å²) in [6.45, 7) is 0. The normalized spacial score (nSPS) is 10.1. The first-order valence-corrected chi connectivity index (χ1v) is 5.72. The number of halogens is 2. The summed E-state index contributed by atoms with van der Waals surface area (Å²) in [5.74, 6) is -1.83. The topological polar surface area (TPSA) is 85.1 Å². The maximum absolute atomic E-state index is 13.6. The lowest BCUT2D eigenvalue weighted by Gasteiger charge is -2.06. The number of carbonyl (C=O) groups is 1. The van der Waals surface area contributed by atoms with Crippen LogP contribution in [0.15, 0.2) is 36.5 Å². The van der Waals surface area contributed by atoms with Gasteiger partial charge in [0.25, 0.3) is 11.6 Å². The number of nitrogens with zero attached hydrogens (tertiary/aromatic N) is 2. The van der Waals surface area contributed by atoms with Gasteiger partial charge in [0.15, 0.2) is 5.56 Å². The molecule has 102 valence electrons. The van der Waals surface area contributed by atoms with Gasteiger partial charge in [-0.3, -0.25) is 14.9 Å². The van der Waals surface area contributed by atoms with E-state index in [-0.39, 0.29) is 5.82 Å². The Morgan fingerprint density at radius 2 is 2.10 bits per heavy atom. The van der Waals surface area contributed by atoms with Crippen LogP contribution in [0.4, 0.5) is 15.9 Å². The second kappa shape index (κ2) is 5.62. The molecule has 1 amide bonds. The van der Waals surface area contributed by atoms with Gasteiger partial charge in [-0.15, -0.1) is 0 Å². The average Bonchev–Trinajstić information content (AvgIpc) is 2.40. The summed E-state index contributed by atoms with van der Waals surface area (Å²) in [4.78, 5) is 25.7. The van der Waals surface area contributed by atoms with E-state index in [1.54, 1.807) is 0 Å². The number of hydrogen-bond acceptors (Lipinski definition) is 4. The van der Waals surface area contributed by atoms with E-state index in [1.807, 2.05) is 0 Å². The number of benzene rings is 1. The van der Waals surface area contributed by atoms with Crippen molar-refractivity contribution in [2.75, 3.05) is 5.32 Å².